The van der Waals surface area contributed by atoms with E-state index in [1.165, 1.54) is 21.9 Å². The zero-order valence-corrected chi connectivity index (χ0v) is 16.1. The number of hydrogen-bond acceptors (Lipinski definition) is 6. The van der Waals surface area contributed by atoms with Gasteiger partial charge >= 0.3 is 0 Å². The Kier molecular flexibility index (Phi) is 4.89. The van der Waals surface area contributed by atoms with Crippen molar-refractivity contribution in [2.24, 2.45) is 0 Å². The Morgan fingerprint density at radius 3 is 2.75 bits per heavy atom. The molecule has 28 heavy (non-hydrogen) atoms. The molecule has 146 valence electrons. The maximum atomic E-state index is 12.3. The first-order chi connectivity index (χ1) is 13.5. The van der Waals surface area contributed by atoms with Gasteiger partial charge in [-0.3, -0.25) is 14.2 Å². The first-order valence-electron chi connectivity index (χ1n) is 9.57. The highest BCUT2D eigenvalue weighted by atomic mass is 16.2. The Hall–Kier alpha value is -3.10. The van der Waals surface area contributed by atoms with Crippen LogP contribution in [0.25, 0.3) is 5.78 Å². The molecule has 3 heterocycles. The molecule has 3 aromatic heterocycles. The average Bonchev–Trinajstić information content (AvgIpc) is 3.32. The number of nitrogens with one attached hydrogen (secondary N) is 1. The van der Waals surface area contributed by atoms with E-state index in [0.29, 0.717) is 18.2 Å². The maximum absolute atomic E-state index is 12.3. The minimum atomic E-state index is -0.397. The van der Waals surface area contributed by atoms with Crippen LogP contribution in [0.2, 0.25) is 0 Å². The van der Waals surface area contributed by atoms with Gasteiger partial charge in [-0.25, -0.2) is 14.5 Å². The third-order valence-electron chi connectivity index (χ3n) is 5.13. The van der Waals surface area contributed by atoms with Crippen LogP contribution < -0.4 is 10.9 Å². The van der Waals surface area contributed by atoms with Gasteiger partial charge in [-0.05, 0) is 32.8 Å². The van der Waals surface area contributed by atoms with Crippen molar-refractivity contribution in [1.29, 1.82) is 0 Å². The molecule has 1 amide bonds. The van der Waals surface area contributed by atoms with E-state index >= 15 is 0 Å². The molecule has 0 atom stereocenters. The van der Waals surface area contributed by atoms with Crippen LogP contribution in [-0.2, 0) is 6.54 Å². The Bertz CT molecular complexity index is 1080. The first-order valence-corrected chi connectivity index (χ1v) is 9.57. The molecule has 4 rings (SSSR count). The molecule has 9 heteroatoms. The highest BCUT2D eigenvalue weighted by molar-refractivity contribution is 5.90. The molecule has 0 bridgehead atoms. The van der Waals surface area contributed by atoms with Crippen molar-refractivity contribution in [1.82, 2.24) is 34.4 Å². The molecule has 1 aliphatic rings. The standard InChI is InChI=1S/C19H23N7O2/c1-12-9-13(2)26-19(22-12)23-17(24-26)18(28)20-7-8-25-11-21-15(10-16(25)27)14-5-3-4-6-14/h9-11,14H,3-8H2,1-2H3,(H,20,28). The molecule has 0 saturated heterocycles. The van der Waals surface area contributed by atoms with Crippen molar-refractivity contribution in [3.8, 4) is 0 Å². The van der Waals surface area contributed by atoms with Crippen LogP contribution >= 0.6 is 0 Å². The largest absolute Gasteiger partial charge is 0.347 e. The lowest BCUT2D eigenvalue weighted by Crippen LogP contribution is -2.31. The molecule has 3 aromatic rings. The topological polar surface area (TPSA) is 107 Å². The quantitative estimate of drug-likeness (QED) is 0.716. The molecule has 1 aliphatic carbocycles. The molecule has 9 nitrogen and oxygen atoms in total. The van der Waals surface area contributed by atoms with Gasteiger partial charge in [-0.2, -0.15) is 4.98 Å². The van der Waals surface area contributed by atoms with Crippen LogP contribution in [0.5, 0.6) is 0 Å². The number of amides is 1. The van der Waals surface area contributed by atoms with E-state index in [-0.39, 0.29) is 17.9 Å². The molecule has 1 saturated carbocycles. The summed E-state index contributed by atoms with van der Waals surface area (Å²) >= 11 is 0. The van der Waals surface area contributed by atoms with Crippen molar-refractivity contribution in [2.75, 3.05) is 6.54 Å². The summed E-state index contributed by atoms with van der Waals surface area (Å²) in [5, 5.41) is 6.95. The number of carbonyl (C=O) groups is 1. The van der Waals surface area contributed by atoms with E-state index in [9.17, 15) is 9.59 Å². The molecule has 1 N–H and O–H groups in total. The molecular formula is C19H23N7O2. The fraction of sp³-hybridized carbons (Fsp3) is 0.474. The molecule has 0 aliphatic heterocycles. The number of aromatic nitrogens is 6. The van der Waals surface area contributed by atoms with E-state index in [2.05, 4.69) is 25.4 Å². The number of aryl methyl sites for hydroxylation is 2. The number of nitrogens with zero attached hydrogens (tertiary/aromatic N) is 6. The van der Waals surface area contributed by atoms with E-state index in [0.717, 1.165) is 29.9 Å². The molecule has 0 aromatic carbocycles. The second kappa shape index (κ2) is 7.49. The smallest absolute Gasteiger partial charge is 0.291 e. The van der Waals surface area contributed by atoms with E-state index in [4.69, 9.17) is 0 Å². The summed E-state index contributed by atoms with van der Waals surface area (Å²) in [6, 6.07) is 3.50. The monoisotopic (exact) mass is 381 g/mol. The van der Waals surface area contributed by atoms with Gasteiger partial charge in [0.15, 0.2) is 0 Å². The summed E-state index contributed by atoms with van der Waals surface area (Å²) in [5.74, 6) is 0.462. The van der Waals surface area contributed by atoms with Crippen LogP contribution in [0, 0.1) is 13.8 Å². The molecule has 0 radical (unpaired) electrons. The minimum absolute atomic E-state index is 0.0586. The third kappa shape index (κ3) is 3.64. The van der Waals surface area contributed by atoms with Crippen LogP contribution in [0.4, 0.5) is 0 Å². The normalized spacial score (nSPS) is 14.6. The van der Waals surface area contributed by atoms with E-state index in [1.54, 1.807) is 12.4 Å². The van der Waals surface area contributed by atoms with Gasteiger partial charge in [0.25, 0.3) is 17.2 Å². The number of fused-ring (bicyclic) bond motifs is 1. The van der Waals surface area contributed by atoms with Crippen molar-refractivity contribution in [2.45, 2.75) is 52.0 Å². The number of rotatable bonds is 5. The predicted octanol–water partition coefficient (Wildman–Crippen LogP) is 1.39. The fourth-order valence-electron chi connectivity index (χ4n) is 3.68. The van der Waals surface area contributed by atoms with Crippen molar-refractivity contribution >= 4 is 11.7 Å². The summed E-state index contributed by atoms with van der Waals surface area (Å²) in [7, 11) is 0. The number of carbonyl (C=O) groups excluding carboxylic acids is 1. The Labute approximate surface area is 161 Å². The van der Waals surface area contributed by atoms with Crippen molar-refractivity contribution in [3.05, 3.63) is 51.7 Å². The van der Waals surface area contributed by atoms with E-state index in [1.807, 2.05) is 19.9 Å². The lowest BCUT2D eigenvalue weighted by molar-refractivity contribution is 0.0942. The summed E-state index contributed by atoms with van der Waals surface area (Å²) in [5.41, 5.74) is 2.47. The Morgan fingerprint density at radius 2 is 2.00 bits per heavy atom. The van der Waals surface area contributed by atoms with Crippen molar-refractivity contribution in [3.63, 3.8) is 0 Å². The third-order valence-corrected chi connectivity index (χ3v) is 5.13. The second-order valence-corrected chi connectivity index (χ2v) is 7.27. The molecule has 0 unspecified atom stereocenters. The molecule has 0 spiro atoms. The molecular weight excluding hydrogens is 358 g/mol. The van der Waals surface area contributed by atoms with Crippen LogP contribution in [0.1, 0.15) is 59.3 Å². The molecule has 1 fully saturated rings. The summed E-state index contributed by atoms with van der Waals surface area (Å²) < 4.78 is 3.04. The zero-order chi connectivity index (χ0) is 19.7. The van der Waals surface area contributed by atoms with Gasteiger partial charge in [0.1, 0.15) is 0 Å². The maximum Gasteiger partial charge on any atom is 0.291 e. The van der Waals surface area contributed by atoms with Crippen LogP contribution in [0.3, 0.4) is 0 Å². The highest BCUT2D eigenvalue weighted by Crippen LogP contribution is 2.32. The summed E-state index contributed by atoms with van der Waals surface area (Å²) in [6.45, 7) is 4.37. The second-order valence-electron chi connectivity index (χ2n) is 7.27. The first kappa shape index (κ1) is 18.3. The van der Waals surface area contributed by atoms with Gasteiger partial charge < -0.3 is 5.32 Å². The van der Waals surface area contributed by atoms with Crippen LogP contribution in [-0.4, -0.2) is 41.6 Å². The average molecular weight is 381 g/mol. The van der Waals surface area contributed by atoms with Gasteiger partial charge in [0, 0.05) is 36.5 Å². The van der Waals surface area contributed by atoms with Gasteiger partial charge in [0.2, 0.25) is 5.82 Å². The minimum Gasteiger partial charge on any atom is -0.347 e. The predicted molar refractivity (Wildman–Crippen MR) is 102 cm³/mol. The summed E-state index contributed by atoms with van der Waals surface area (Å²) in [4.78, 5) is 37.5. The lowest BCUT2D eigenvalue weighted by atomic mass is 10.0. The Balaban J connectivity index is 1.39. The van der Waals surface area contributed by atoms with Crippen LogP contribution in [0.15, 0.2) is 23.3 Å². The van der Waals surface area contributed by atoms with Gasteiger partial charge in [-0.1, -0.05) is 12.8 Å². The zero-order valence-electron chi connectivity index (χ0n) is 16.1. The highest BCUT2D eigenvalue weighted by Gasteiger charge is 2.19. The van der Waals surface area contributed by atoms with E-state index < -0.39 is 5.91 Å². The van der Waals surface area contributed by atoms with Gasteiger partial charge in [-0.15, -0.1) is 5.10 Å². The van der Waals surface area contributed by atoms with Crippen molar-refractivity contribution < 1.29 is 4.79 Å². The number of hydrogen-bond donors (Lipinski definition) is 1. The Morgan fingerprint density at radius 1 is 1.21 bits per heavy atom. The lowest BCUT2D eigenvalue weighted by Gasteiger charge is -2.10. The summed E-state index contributed by atoms with van der Waals surface area (Å²) in [6.07, 6.45) is 6.18. The fourth-order valence-corrected chi connectivity index (χ4v) is 3.68. The van der Waals surface area contributed by atoms with Gasteiger partial charge in [0.05, 0.1) is 12.0 Å². The SMILES string of the molecule is Cc1cc(C)n2nc(C(=O)NCCn3cnc(C4CCCC4)cc3=O)nc2n1.